The zero-order valence-electron chi connectivity index (χ0n) is 17.6. The van der Waals surface area contributed by atoms with Gasteiger partial charge >= 0.3 is 0 Å². The fourth-order valence-corrected chi connectivity index (χ4v) is 4.91. The average Bonchev–Trinajstić information content (AvgIpc) is 3.27. The van der Waals surface area contributed by atoms with Gasteiger partial charge in [-0.1, -0.05) is 78.0 Å². The number of nitrogens with one attached hydrogen (secondary N) is 2. The molecule has 4 aromatic rings. The van der Waals surface area contributed by atoms with Crippen LogP contribution in [-0.4, -0.2) is 33.1 Å². The summed E-state index contributed by atoms with van der Waals surface area (Å²) in [4.78, 5) is 13.5. The van der Waals surface area contributed by atoms with Crippen LogP contribution in [0.5, 0.6) is 5.75 Å². The molecule has 0 unspecified atom stereocenters. The summed E-state index contributed by atoms with van der Waals surface area (Å²) in [5.41, 5.74) is 5.92. The van der Waals surface area contributed by atoms with E-state index < -0.39 is 5.25 Å². The van der Waals surface area contributed by atoms with Crippen LogP contribution in [0.25, 0.3) is 11.4 Å². The molecule has 1 aliphatic rings. The van der Waals surface area contributed by atoms with E-state index in [2.05, 4.69) is 20.9 Å². The summed E-state index contributed by atoms with van der Waals surface area (Å²) < 4.78 is 7.23. The molecule has 9 heteroatoms. The molecule has 0 saturated carbocycles. The van der Waals surface area contributed by atoms with Crippen LogP contribution in [0.1, 0.15) is 11.6 Å². The molecule has 2 N–H and O–H groups in total. The van der Waals surface area contributed by atoms with E-state index in [1.165, 1.54) is 11.8 Å². The molecule has 7 nitrogen and oxygen atoms in total. The molecule has 5 rings (SSSR count). The first kappa shape index (κ1) is 21.4. The van der Waals surface area contributed by atoms with Crippen LogP contribution >= 0.6 is 23.4 Å². The standard InChI is InChI=1S/C24H20ClN5O2S/c1-32-19-10-6-5-9-18(19)26-23(31)21-20(15-11-13-17(25)14-12-15)29-30-22(27-28-24(30)33-21)16-7-3-2-4-8-16/h2-14,20-21,29H,1H3,(H,26,31)/t20-,21+/m0/s1. The Morgan fingerprint density at radius 1 is 1.03 bits per heavy atom. The number of anilines is 1. The van der Waals surface area contributed by atoms with E-state index in [0.717, 1.165) is 11.1 Å². The summed E-state index contributed by atoms with van der Waals surface area (Å²) >= 11 is 7.48. The van der Waals surface area contributed by atoms with Crippen molar-refractivity contribution < 1.29 is 9.53 Å². The fourth-order valence-electron chi connectivity index (χ4n) is 3.70. The minimum Gasteiger partial charge on any atom is -0.495 e. The van der Waals surface area contributed by atoms with Crippen molar-refractivity contribution in [1.29, 1.82) is 0 Å². The molecule has 33 heavy (non-hydrogen) atoms. The van der Waals surface area contributed by atoms with E-state index in [-0.39, 0.29) is 11.9 Å². The minimum atomic E-state index is -0.517. The molecule has 2 atom stereocenters. The molecule has 3 aromatic carbocycles. The van der Waals surface area contributed by atoms with Crippen LogP contribution in [-0.2, 0) is 4.79 Å². The summed E-state index contributed by atoms with van der Waals surface area (Å²) in [6.07, 6.45) is 0. The maximum absolute atomic E-state index is 13.5. The number of hydrogen-bond acceptors (Lipinski definition) is 6. The molecule has 1 amide bonds. The van der Waals surface area contributed by atoms with E-state index in [1.54, 1.807) is 13.2 Å². The Bertz CT molecular complexity index is 1280. The third-order valence-corrected chi connectivity index (χ3v) is 6.79. The van der Waals surface area contributed by atoms with Gasteiger partial charge in [-0.25, -0.2) is 4.68 Å². The zero-order valence-corrected chi connectivity index (χ0v) is 19.2. The summed E-state index contributed by atoms with van der Waals surface area (Å²) in [5, 5.41) is 12.4. The van der Waals surface area contributed by atoms with E-state index in [1.807, 2.05) is 77.5 Å². The maximum atomic E-state index is 13.5. The zero-order chi connectivity index (χ0) is 22.8. The quantitative estimate of drug-likeness (QED) is 0.421. The van der Waals surface area contributed by atoms with Gasteiger partial charge in [-0.15, -0.1) is 10.2 Å². The normalized spacial score (nSPS) is 17.0. The van der Waals surface area contributed by atoms with E-state index in [4.69, 9.17) is 16.3 Å². The van der Waals surface area contributed by atoms with Gasteiger partial charge < -0.3 is 15.5 Å². The minimum absolute atomic E-state index is 0.174. The number of hydrogen-bond donors (Lipinski definition) is 2. The molecule has 0 bridgehead atoms. The number of carbonyl (C=O) groups is 1. The number of carbonyl (C=O) groups excluding carboxylic acids is 1. The summed E-state index contributed by atoms with van der Waals surface area (Å²) in [6, 6.07) is 24.2. The SMILES string of the molecule is COc1ccccc1NC(=O)[C@@H]1Sc2nnc(-c3ccccc3)n2N[C@H]1c1ccc(Cl)cc1. The van der Waals surface area contributed by atoms with Gasteiger partial charge in [0.05, 0.1) is 18.8 Å². The highest BCUT2D eigenvalue weighted by molar-refractivity contribution is 8.00. The van der Waals surface area contributed by atoms with Crippen LogP contribution in [0.3, 0.4) is 0 Å². The van der Waals surface area contributed by atoms with Crippen molar-refractivity contribution in [3.63, 3.8) is 0 Å². The lowest BCUT2D eigenvalue weighted by molar-refractivity contribution is -0.116. The van der Waals surface area contributed by atoms with Crippen molar-refractivity contribution in [2.75, 3.05) is 17.9 Å². The van der Waals surface area contributed by atoms with Gasteiger partial charge in [0.2, 0.25) is 11.1 Å². The van der Waals surface area contributed by atoms with Gasteiger partial charge in [-0.2, -0.15) is 0 Å². The number of amides is 1. The molecule has 0 saturated heterocycles. The van der Waals surface area contributed by atoms with Crippen LogP contribution in [0.2, 0.25) is 5.02 Å². The average molecular weight is 478 g/mol. The first-order valence-corrected chi connectivity index (χ1v) is 11.5. The number of halogens is 1. The Hall–Kier alpha value is -3.49. The molecule has 2 heterocycles. The Balaban J connectivity index is 1.52. The lowest BCUT2D eigenvalue weighted by atomic mass is 10.0. The van der Waals surface area contributed by atoms with Crippen molar-refractivity contribution in [3.05, 3.63) is 89.4 Å². The van der Waals surface area contributed by atoms with Gasteiger partial charge in [-0.05, 0) is 29.8 Å². The number of benzene rings is 3. The molecule has 166 valence electrons. The summed E-state index contributed by atoms with van der Waals surface area (Å²) in [6.45, 7) is 0. The first-order chi connectivity index (χ1) is 16.1. The van der Waals surface area contributed by atoms with Crippen molar-refractivity contribution >= 4 is 35.0 Å². The van der Waals surface area contributed by atoms with Crippen LogP contribution in [0.4, 0.5) is 5.69 Å². The Kier molecular flexibility index (Phi) is 5.93. The first-order valence-electron chi connectivity index (χ1n) is 10.3. The van der Waals surface area contributed by atoms with Crippen LogP contribution in [0, 0.1) is 0 Å². The highest BCUT2D eigenvalue weighted by Crippen LogP contribution is 2.39. The number of rotatable bonds is 5. The van der Waals surface area contributed by atoms with Crippen LogP contribution < -0.4 is 15.5 Å². The number of nitrogens with zero attached hydrogens (tertiary/aromatic N) is 3. The Morgan fingerprint density at radius 2 is 1.76 bits per heavy atom. The predicted octanol–water partition coefficient (Wildman–Crippen LogP) is 5.00. The summed E-state index contributed by atoms with van der Waals surface area (Å²) in [7, 11) is 1.58. The number of aromatic nitrogens is 3. The molecule has 1 aromatic heterocycles. The van der Waals surface area contributed by atoms with Crippen molar-refractivity contribution in [2.45, 2.75) is 16.4 Å². The third-order valence-electron chi connectivity index (χ3n) is 5.32. The van der Waals surface area contributed by atoms with Crippen LogP contribution in [0.15, 0.2) is 84.0 Å². The molecule has 1 aliphatic heterocycles. The second-order valence-corrected chi connectivity index (χ2v) is 8.94. The van der Waals surface area contributed by atoms with Gasteiger partial charge in [-0.3, -0.25) is 4.79 Å². The summed E-state index contributed by atoms with van der Waals surface area (Å²) in [5.74, 6) is 1.10. The third kappa shape index (κ3) is 4.27. The highest BCUT2D eigenvalue weighted by Gasteiger charge is 2.38. The number of thioether (sulfide) groups is 1. The Morgan fingerprint density at radius 3 is 2.52 bits per heavy atom. The second-order valence-electron chi connectivity index (χ2n) is 7.39. The fraction of sp³-hybridized carbons (Fsp3) is 0.125. The topological polar surface area (TPSA) is 81.1 Å². The van der Waals surface area contributed by atoms with Gasteiger partial charge in [0.25, 0.3) is 0 Å². The number of para-hydroxylation sites is 2. The Labute approximate surface area is 200 Å². The molecule has 0 radical (unpaired) electrons. The van der Waals surface area contributed by atoms with Gasteiger partial charge in [0.15, 0.2) is 5.82 Å². The number of ether oxygens (including phenoxy) is 1. The largest absolute Gasteiger partial charge is 0.495 e. The number of fused-ring (bicyclic) bond motifs is 1. The smallest absolute Gasteiger partial charge is 0.240 e. The van der Waals surface area contributed by atoms with E-state index in [0.29, 0.717) is 27.4 Å². The van der Waals surface area contributed by atoms with E-state index >= 15 is 0 Å². The lowest BCUT2D eigenvalue weighted by Gasteiger charge is -2.33. The molecular formula is C24H20ClN5O2S. The second kappa shape index (κ2) is 9.17. The molecular weight excluding hydrogens is 458 g/mol. The van der Waals surface area contributed by atoms with Crippen molar-refractivity contribution in [3.8, 4) is 17.1 Å². The molecule has 0 spiro atoms. The molecule has 0 fully saturated rings. The predicted molar refractivity (Wildman–Crippen MR) is 130 cm³/mol. The molecule has 0 aliphatic carbocycles. The maximum Gasteiger partial charge on any atom is 0.240 e. The monoisotopic (exact) mass is 477 g/mol. The van der Waals surface area contributed by atoms with Gasteiger partial charge in [0, 0.05) is 10.6 Å². The van der Waals surface area contributed by atoms with Crippen molar-refractivity contribution in [2.24, 2.45) is 0 Å². The highest BCUT2D eigenvalue weighted by atomic mass is 35.5. The van der Waals surface area contributed by atoms with Gasteiger partial charge in [0.1, 0.15) is 11.0 Å². The van der Waals surface area contributed by atoms with E-state index in [9.17, 15) is 4.79 Å². The lowest BCUT2D eigenvalue weighted by Crippen LogP contribution is -2.41. The van der Waals surface area contributed by atoms with Crippen molar-refractivity contribution in [1.82, 2.24) is 14.9 Å². The number of methoxy groups -OCH3 is 1.